The quantitative estimate of drug-likeness (QED) is 0.447. The molecule has 1 aliphatic carbocycles. The van der Waals surface area contributed by atoms with Crippen LogP contribution < -0.4 is 10.1 Å². The highest BCUT2D eigenvalue weighted by atomic mass is 79.9. The molecular formula is C20H16BrN5O3. The van der Waals surface area contributed by atoms with Gasteiger partial charge in [-0.25, -0.2) is 4.98 Å². The van der Waals surface area contributed by atoms with Gasteiger partial charge in [-0.1, -0.05) is 5.16 Å². The van der Waals surface area contributed by atoms with Crippen LogP contribution in [0.1, 0.15) is 40.8 Å². The Labute approximate surface area is 173 Å². The smallest absolute Gasteiger partial charge is 0.255 e. The second-order valence-corrected chi connectivity index (χ2v) is 7.70. The minimum absolute atomic E-state index is 0.213. The monoisotopic (exact) mass is 453 g/mol. The summed E-state index contributed by atoms with van der Waals surface area (Å²) in [5.41, 5.74) is 2.77. The van der Waals surface area contributed by atoms with Crippen LogP contribution in [-0.4, -0.2) is 26.0 Å². The maximum Gasteiger partial charge on any atom is 0.255 e. The number of rotatable bonds is 6. The highest BCUT2D eigenvalue weighted by Crippen LogP contribution is 2.38. The number of carbonyl (C=O) groups is 1. The van der Waals surface area contributed by atoms with E-state index in [4.69, 9.17) is 9.26 Å². The summed E-state index contributed by atoms with van der Waals surface area (Å²) in [6.07, 6.45) is 3.82. The van der Waals surface area contributed by atoms with Gasteiger partial charge in [-0.3, -0.25) is 4.79 Å². The molecule has 0 saturated heterocycles. The molecule has 1 fully saturated rings. The minimum atomic E-state index is -0.213. The number of carbonyl (C=O) groups excluding carboxylic acids is 1. The third kappa shape index (κ3) is 3.86. The van der Waals surface area contributed by atoms with Crippen molar-refractivity contribution in [2.45, 2.75) is 25.4 Å². The molecule has 0 aliphatic heterocycles. The van der Waals surface area contributed by atoms with Crippen LogP contribution in [0, 0.1) is 0 Å². The maximum absolute atomic E-state index is 12.6. The number of aromatic amines is 1. The SMILES string of the molecule is O=C(Nc1ccc(OCc2noc(C3CC3)n2)cc1)c1cc(Br)c2nc[nH]c2c1. The van der Waals surface area contributed by atoms with Gasteiger partial charge in [0.25, 0.3) is 5.91 Å². The van der Waals surface area contributed by atoms with Crippen LogP contribution in [0.15, 0.2) is 51.7 Å². The lowest BCUT2D eigenvalue weighted by molar-refractivity contribution is 0.102. The Hall–Kier alpha value is -3.20. The number of halogens is 1. The number of H-pyrrole nitrogens is 1. The van der Waals surface area contributed by atoms with Gasteiger partial charge in [-0.15, -0.1) is 0 Å². The molecule has 9 heteroatoms. The highest BCUT2D eigenvalue weighted by Gasteiger charge is 2.29. The first-order valence-corrected chi connectivity index (χ1v) is 9.94. The topological polar surface area (TPSA) is 106 Å². The molecule has 8 nitrogen and oxygen atoms in total. The number of nitrogens with zero attached hydrogens (tertiary/aromatic N) is 3. The summed E-state index contributed by atoms with van der Waals surface area (Å²) in [7, 11) is 0. The Morgan fingerprint density at radius 2 is 2.10 bits per heavy atom. The molecule has 4 aromatic rings. The summed E-state index contributed by atoms with van der Waals surface area (Å²) in [6.45, 7) is 0.236. The lowest BCUT2D eigenvalue weighted by atomic mass is 10.2. The first-order chi connectivity index (χ1) is 14.2. The third-order valence-electron chi connectivity index (χ3n) is 4.63. The van der Waals surface area contributed by atoms with E-state index in [1.165, 1.54) is 0 Å². The van der Waals surface area contributed by atoms with Crippen molar-refractivity contribution in [3.8, 4) is 5.75 Å². The lowest BCUT2D eigenvalue weighted by Gasteiger charge is -2.08. The van der Waals surface area contributed by atoms with Crippen LogP contribution in [0.25, 0.3) is 11.0 Å². The van der Waals surface area contributed by atoms with E-state index in [1.807, 2.05) is 0 Å². The van der Waals surface area contributed by atoms with Crippen LogP contribution in [0.4, 0.5) is 5.69 Å². The number of aromatic nitrogens is 4. The van der Waals surface area contributed by atoms with Crippen LogP contribution >= 0.6 is 15.9 Å². The number of benzene rings is 2. The molecule has 0 radical (unpaired) electrons. The van der Waals surface area contributed by atoms with Gasteiger partial charge >= 0.3 is 0 Å². The standard InChI is InChI=1S/C20H16BrN5O3/c21-15-7-12(8-16-18(15)23-10-22-16)19(27)24-13-3-5-14(6-4-13)28-9-17-25-20(29-26-17)11-1-2-11/h3-8,10-11H,1-2,9H2,(H,22,23)(H,24,27). The molecule has 1 aliphatic rings. The molecule has 0 unspecified atom stereocenters. The minimum Gasteiger partial charge on any atom is -0.485 e. The first-order valence-electron chi connectivity index (χ1n) is 9.15. The van der Waals surface area contributed by atoms with Crippen LogP contribution in [0.2, 0.25) is 0 Å². The van der Waals surface area contributed by atoms with E-state index in [1.54, 1.807) is 42.7 Å². The number of nitrogens with one attached hydrogen (secondary N) is 2. The zero-order chi connectivity index (χ0) is 19.8. The fourth-order valence-electron chi connectivity index (χ4n) is 2.95. The Balaban J connectivity index is 1.21. The number of fused-ring (bicyclic) bond motifs is 1. The molecule has 0 spiro atoms. The summed E-state index contributed by atoms with van der Waals surface area (Å²) >= 11 is 3.44. The molecule has 1 saturated carbocycles. The van der Waals surface area contributed by atoms with E-state index in [9.17, 15) is 4.79 Å². The van der Waals surface area contributed by atoms with Gasteiger partial charge < -0.3 is 19.6 Å². The van der Waals surface area contributed by atoms with Crippen molar-refractivity contribution >= 4 is 38.6 Å². The highest BCUT2D eigenvalue weighted by molar-refractivity contribution is 9.10. The van der Waals surface area contributed by atoms with Crippen molar-refractivity contribution in [3.05, 3.63) is 64.5 Å². The van der Waals surface area contributed by atoms with Crippen LogP contribution in [0.5, 0.6) is 5.75 Å². The van der Waals surface area contributed by atoms with Gasteiger partial charge in [0.2, 0.25) is 11.7 Å². The average molecular weight is 454 g/mol. The van der Waals surface area contributed by atoms with Gasteiger partial charge in [0.05, 0.1) is 11.8 Å². The summed E-state index contributed by atoms with van der Waals surface area (Å²) in [5.74, 6) is 2.09. The van der Waals surface area contributed by atoms with Gasteiger partial charge in [-0.05, 0) is 65.2 Å². The second kappa shape index (κ2) is 7.32. The van der Waals surface area contributed by atoms with Crippen molar-refractivity contribution < 1.29 is 14.1 Å². The predicted octanol–water partition coefficient (Wildman–Crippen LogP) is 4.42. The van der Waals surface area contributed by atoms with E-state index in [0.717, 1.165) is 28.3 Å². The number of hydrogen-bond donors (Lipinski definition) is 2. The number of anilines is 1. The molecule has 146 valence electrons. The Morgan fingerprint density at radius 3 is 2.90 bits per heavy atom. The van der Waals surface area contributed by atoms with Gasteiger partial charge in [0.1, 0.15) is 11.3 Å². The fraction of sp³-hybridized carbons (Fsp3) is 0.200. The molecule has 2 aromatic heterocycles. The molecule has 29 heavy (non-hydrogen) atoms. The van der Waals surface area contributed by atoms with Gasteiger partial charge in [0.15, 0.2) is 6.61 Å². The molecule has 2 N–H and O–H groups in total. The molecule has 0 atom stereocenters. The lowest BCUT2D eigenvalue weighted by Crippen LogP contribution is -2.11. The van der Waals surface area contributed by atoms with E-state index in [0.29, 0.717) is 34.6 Å². The summed E-state index contributed by atoms with van der Waals surface area (Å²) in [6, 6.07) is 10.6. The Morgan fingerprint density at radius 1 is 1.28 bits per heavy atom. The van der Waals surface area contributed by atoms with Crippen molar-refractivity contribution in [1.82, 2.24) is 20.1 Å². The predicted molar refractivity (Wildman–Crippen MR) is 109 cm³/mol. The first kappa shape index (κ1) is 17.9. The second-order valence-electron chi connectivity index (χ2n) is 6.85. The number of imidazole rings is 1. The number of ether oxygens (including phenoxy) is 1. The van der Waals surface area contributed by atoms with E-state index in [-0.39, 0.29) is 12.5 Å². The van der Waals surface area contributed by atoms with Crippen molar-refractivity contribution in [2.24, 2.45) is 0 Å². The van der Waals surface area contributed by atoms with Gasteiger partial charge in [-0.2, -0.15) is 4.98 Å². The number of hydrogen-bond acceptors (Lipinski definition) is 6. The summed E-state index contributed by atoms with van der Waals surface area (Å²) < 4.78 is 11.7. The Kier molecular flexibility index (Phi) is 4.51. The zero-order valence-electron chi connectivity index (χ0n) is 15.2. The largest absolute Gasteiger partial charge is 0.485 e. The van der Waals surface area contributed by atoms with Crippen molar-refractivity contribution in [3.63, 3.8) is 0 Å². The summed E-state index contributed by atoms with van der Waals surface area (Å²) in [4.78, 5) is 24.1. The van der Waals surface area contributed by atoms with E-state index in [2.05, 4.69) is 41.4 Å². The third-order valence-corrected chi connectivity index (χ3v) is 5.23. The van der Waals surface area contributed by atoms with Crippen LogP contribution in [-0.2, 0) is 6.61 Å². The van der Waals surface area contributed by atoms with Crippen molar-refractivity contribution in [1.29, 1.82) is 0 Å². The molecule has 1 amide bonds. The zero-order valence-corrected chi connectivity index (χ0v) is 16.8. The summed E-state index contributed by atoms with van der Waals surface area (Å²) in [5, 5.41) is 6.81. The van der Waals surface area contributed by atoms with E-state index < -0.39 is 0 Å². The van der Waals surface area contributed by atoms with Crippen molar-refractivity contribution in [2.75, 3.05) is 5.32 Å². The van der Waals surface area contributed by atoms with Crippen LogP contribution in [0.3, 0.4) is 0 Å². The fourth-order valence-corrected chi connectivity index (χ4v) is 3.51. The molecular weight excluding hydrogens is 438 g/mol. The molecule has 5 rings (SSSR count). The molecule has 2 aromatic carbocycles. The van der Waals surface area contributed by atoms with Gasteiger partial charge in [0, 0.05) is 21.6 Å². The average Bonchev–Trinajstić information content (AvgIpc) is 3.26. The molecule has 2 heterocycles. The maximum atomic E-state index is 12.6. The van der Waals surface area contributed by atoms with E-state index >= 15 is 0 Å². The molecule has 0 bridgehead atoms. The Bertz CT molecular complexity index is 1180. The number of amides is 1. The normalized spacial score (nSPS) is 13.6.